The zero-order valence-corrected chi connectivity index (χ0v) is 22.6. The number of hydrogen-bond donors (Lipinski definition) is 0. The van der Waals surface area contributed by atoms with Crippen molar-refractivity contribution in [1.29, 1.82) is 0 Å². The summed E-state index contributed by atoms with van der Waals surface area (Å²) >= 11 is 1.25. The third kappa shape index (κ3) is 5.57. The Morgan fingerprint density at radius 3 is 2.51 bits per heavy atom. The summed E-state index contributed by atoms with van der Waals surface area (Å²) in [5.41, 5.74) is 0.985. The van der Waals surface area contributed by atoms with E-state index in [0.29, 0.717) is 40.6 Å². The summed E-state index contributed by atoms with van der Waals surface area (Å²) in [5.74, 6) is -0.649. The third-order valence-electron chi connectivity index (χ3n) is 7.23. The van der Waals surface area contributed by atoms with Crippen LogP contribution >= 0.6 is 11.3 Å². The summed E-state index contributed by atoms with van der Waals surface area (Å²) in [4.78, 5) is 20.0. The van der Waals surface area contributed by atoms with Crippen LogP contribution in [0.15, 0.2) is 47.4 Å². The highest BCUT2D eigenvalue weighted by Crippen LogP contribution is 2.32. The van der Waals surface area contributed by atoms with Crippen molar-refractivity contribution in [1.82, 2.24) is 9.29 Å². The fraction of sp³-hybridized carbons (Fsp3) is 0.481. The Morgan fingerprint density at radius 2 is 1.84 bits per heavy atom. The molecule has 0 spiro atoms. The molecule has 3 aromatic rings. The van der Waals surface area contributed by atoms with Crippen molar-refractivity contribution < 1.29 is 22.3 Å². The van der Waals surface area contributed by atoms with Crippen molar-refractivity contribution in [3.05, 3.63) is 53.8 Å². The molecule has 1 aliphatic carbocycles. The third-order valence-corrected chi connectivity index (χ3v) is 10.3. The second-order valence-corrected chi connectivity index (χ2v) is 12.6. The van der Waals surface area contributed by atoms with Gasteiger partial charge in [0.25, 0.3) is 5.91 Å². The molecule has 37 heavy (non-hydrogen) atoms. The van der Waals surface area contributed by atoms with Crippen molar-refractivity contribution >= 4 is 42.6 Å². The molecular weight excluding hydrogens is 513 g/mol. The van der Waals surface area contributed by atoms with Crippen molar-refractivity contribution in [3.8, 4) is 0 Å². The topological polar surface area (TPSA) is 79.8 Å². The first kappa shape index (κ1) is 26.2. The molecule has 1 atom stereocenters. The highest BCUT2D eigenvalue weighted by atomic mass is 32.2. The molecule has 1 saturated carbocycles. The molecule has 0 N–H and O–H groups in total. The van der Waals surface area contributed by atoms with E-state index in [2.05, 4.69) is 4.98 Å². The molecule has 1 aliphatic heterocycles. The van der Waals surface area contributed by atoms with Crippen molar-refractivity contribution in [2.45, 2.75) is 68.9 Å². The van der Waals surface area contributed by atoms with E-state index in [-0.39, 0.29) is 28.8 Å². The van der Waals surface area contributed by atoms with Gasteiger partial charge in [0, 0.05) is 24.8 Å². The van der Waals surface area contributed by atoms with Gasteiger partial charge >= 0.3 is 0 Å². The average molecular weight is 546 g/mol. The number of fused-ring (bicyclic) bond motifs is 1. The summed E-state index contributed by atoms with van der Waals surface area (Å²) in [6, 6.07) is 10.6. The van der Waals surface area contributed by atoms with Crippen LogP contribution in [-0.4, -0.2) is 55.5 Å². The number of nitrogens with zero attached hydrogens (tertiary/aromatic N) is 3. The van der Waals surface area contributed by atoms with Crippen molar-refractivity contribution in [2.24, 2.45) is 0 Å². The minimum atomic E-state index is -3.66. The monoisotopic (exact) mass is 545 g/mol. The normalized spacial score (nSPS) is 19.1. The predicted molar refractivity (Wildman–Crippen MR) is 143 cm³/mol. The average Bonchev–Trinajstić information content (AvgIpc) is 3.57. The smallest absolute Gasteiger partial charge is 0.260 e. The quantitative estimate of drug-likeness (QED) is 0.368. The van der Waals surface area contributed by atoms with E-state index in [0.717, 1.165) is 44.9 Å². The van der Waals surface area contributed by atoms with Crippen LogP contribution < -0.4 is 4.90 Å². The summed E-state index contributed by atoms with van der Waals surface area (Å²) in [6.07, 6.45) is 6.67. The van der Waals surface area contributed by atoms with Crippen molar-refractivity contribution in [3.63, 3.8) is 0 Å². The lowest BCUT2D eigenvalue weighted by atomic mass is 9.95. The zero-order valence-electron chi connectivity index (χ0n) is 20.9. The van der Waals surface area contributed by atoms with Crippen LogP contribution in [0, 0.1) is 5.82 Å². The molecular formula is C27H32FN3O4S2. The lowest BCUT2D eigenvalue weighted by molar-refractivity contribution is 0.0917. The van der Waals surface area contributed by atoms with E-state index in [9.17, 15) is 17.6 Å². The van der Waals surface area contributed by atoms with Gasteiger partial charge in [0.2, 0.25) is 10.0 Å². The molecule has 0 radical (unpaired) electrons. The van der Waals surface area contributed by atoms with Crippen LogP contribution in [-0.2, 0) is 14.8 Å². The van der Waals surface area contributed by atoms with E-state index in [1.807, 2.05) is 6.92 Å². The van der Waals surface area contributed by atoms with Gasteiger partial charge < -0.3 is 4.74 Å². The maximum atomic E-state index is 13.8. The Bertz CT molecular complexity index is 1350. The van der Waals surface area contributed by atoms with Gasteiger partial charge in [-0.05, 0) is 68.1 Å². The number of carbonyl (C=O) groups is 1. The van der Waals surface area contributed by atoms with Crippen LogP contribution in [0.25, 0.3) is 10.2 Å². The second kappa shape index (κ2) is 11.1. The molecule has 2 fully saturated rings. The molecule has 2 aromatic carbocycles. The number of ether oxygens (including phenoxy) is 1. The highest BCUT2D eigenvalue weighted by Gasteiger charge is 2.32. The van der Waals surface area contributed by atoms with Gasteiger partial charge in [-0.3, -0.25) is 9.69 Å². The number of hydrogen-bond acceptors (Lipinski definition) is 6. The van der Waals surface area contributed by atoms with Crippen LogP contribution in [0.1, 0.15) is 62.2 Å². The minimum absolute atomic E-state index is 0.0239. The number of benzene rings is 2. The number of aromatic nitrogens is 1. The maximum absolute atomic E-state index is 13.8. The molecule has 5 rings (SSSR count). The first-order chi connectivity index (χ1) is 17.9. The number of anilines is 1. The molecule has 1 unspecified atom stereocenters. The van der Waals surface area contributed by atoms with Gasteiger partial charge in [-0.15, -0.1) is 0 Å². The number of amides is 1. The van der Waals surface area contributed by atoms with Gasteiger partial charge in [0.05, 0.1) is 27.8 Å². The number of carbonyl (C=O) groups excluding carboxylic acids is 1. The predicted octanol–water partition coefficient (Wildman–Crippen LogP) is 5.60. The van der Waals surface area contributed by atoms with Gasteiger partial charge in [-0.2, -0.15) is 4.31 Å². The zero-order chi connectivity index (χ0) is 26.0. The SMILES string of the molecule is CCN(C1CCCCC1)S(=O)(=O)c1ccc(C(=O)N(CC2CCCO2)c2nc3ccc(F)cc3s2)cc1. The van der Waals surface area contributed by atoms with E-state index >= 15 is 0 Å². The Kier molecular flexibility index (Phi) is 7.90. The number of rotatable bonds is 8. The van der Waals surface area contributed by atoms with Gasteiger partial charge in [-0.25, -0.2) is 17.8 Å². The number of thiazole rings is 1. The molecule has 2 heterocycles. The standard InChI is InChI=1S/C27H32FN3O4S2/c1-2-31(21-7-4-3-5-8-21)37(33,34)23-13-10-19(11-14-23)26(32)30(18-22-9-6-16-35-22)27-29-24-15-12-20(28)17-25(24)36-27/h10-15,17,21-22H,2-9,16,18H2,1H3. The Labute approximate surface area is 221 Å². The molecule has 198 valence electrons. The van der Waals surface area contributed by atoms with Gasteiger partial charge in [0.15, 0.2) is 5.13 Å². The van der Waals surface area contributed by atoms with Crippen molar-refractivity contribution in [2.75, 3.05) is 24.6 Å². The first-order valence-electron chi connectivity index (χ1n) is 13.0. The summed E-state index contributed by atoms with van der Waals surface area (Å²) in [5, 5.41) is 0.465. The van der Waals surface area contributed by atoms with E-state index in [1.54, 1.807) is 27.4 Å². The lowest BCUT2D eigenvalue weighted by Crippen LogP contribution is -2.41. The van der Waals surface area contributed by atoms with E-state index in [4.69, 9.17) is 4.74 Å². The fourth-order valence-electron chi connectivity index (χ4n) is 5.30. The maximum Gasteiger partial charge on any atom is 0.260 e. The summed E-state index contributed by atoms with van der Waals surface area (Å²) in [7, 11) is -3.66. The van der Waals surface area contributed by atoms with Gasteiger partial charge in [0.1, 0.15) is 5.82 Å². The van der Waals surface area contributed by atoms with E-state index in [1.165, 1.54) is 35.6 Å². The summed E-state index contributed by atoms with van der Waals surface area (Å²) in [6.45, 7) is 3.27. The molecule has 1 aromatic heterocycles. The summed E-state index contributed by atoms with van der Waals surface area (Å²) < 4.78 is 48.7. The molecule has 2 aliphatic rings. The number of sulfonamides is 1. The van der Waals surface area contributed by atoms with Crippen LogP contribution in [0.2, 0.25) is 0 Å². The highest BCUT2D eigenvalue weighted by molar-refractivity contribution is 7.89. The molecule has 1 saturated heterocycles. The van der Waals surface area contributed by atoms with Crippen LogP contribution in [0.5, 0.6) is 0 Å². The second-order valence-electron chi connectivity index (χ2n) is 9.68. The molecule has 7 nitrogen and oxygen atoms in total. The fourth-order valence-corrected chi connectivity index (χ4v) is 7.99. The molecule has 0 bridgehead atoms. The minimum Gasteiger partial charge on any atom is -0.376 e. The Hall–Kier alpha value is -2.40. The Morgan fingerprint density at radius 1 is 1.08 bits per heavy atom. The van der Waals surface area contributed by atoms with Gasteiger partial charge in [-0.1, -0.05) is 37.5 Å². The molecule has 1 amide bonds. The molecule has 10 heteroatoms. The van der Waals surface area contributed by atoms with Crippen LogP contribution in [0.3, 0.4) is 0 Å². The largest absolute Gasteiger partial charge is 0.376 e. The number of halogens is 1. The Balaban J connectivity index is 1.42. The lowest BCUT2D eigenvalue weighted by Gasteiger charge is -2.32. The van der Waals surface area contributed by atoms with E-state index < -0.39 is 10.0 Å². The first-order valence-corrected chi connectivity index (χ1v) is 15.2. The van der Waals surface area contributed by atoms with Crippen LogP contribution in [0.4, 0.5) is 9.52 Å².